The van der Waals surface area contributed by atoms with Crippen LogP contribution in [0.3, 0.4) is 0 Å². The number of carboxylic acid groups (broad SMARTS) is 1. The molecule has 1 amide bonds. The molecule has 0 bridgehead atoms. The minimum atomic E-state index is -3.86. The monoisotopic (exact) mass is 328 g/mol. The Morgan fingerprint density at radius 2 is 1.68 bits per heavy atom. The van der Waals surface area contributed by atoms with Gasteiger partial charge in [-0.25, -0.2) is 13.1 Å². The summed E-state index contributed by atoms with van der Waals surface area (Å²) in [5.74, 6) is -1.69. The number of aliphatic carboxylic acids is 1. The number of nitrogens with one attached hydrogen (secondary N) is 1. The van der Waals surface area contributed by atoms with Gasteiger partial charge < -0.3 is 10.8 Å². The van der Waals surface area contributed by atoms with E-state index in [0.29, 0.717) is 12.8 Å². The van der Waals surface area contributed by atoms with Gasteiger partial charge in [0.2, 0.25) is 15.9 Å². The van der Waals surface area contributed by atoms with Gasteiger partial charge in [-0.15, -0.1) is 0 Å². The molecule has 0 aliphatic carbocycles. The molecular formula is C14H20N2O5S. The van der Waals surface area contributed by atoms with Crippen LogP contribution in [0.15, 0.2) is 29.2 Å². The SMILES string of the molecule is CCC(CC)(CNS(=O)(=O)c1ccc(C(N)=O)cc1)C(=O)O. The second kappa shape index (κ2) is 6.89. The lowest BCUT2D eigenvalue weighted by Gasteiger charge is -2.26. The van der Waals surface area contributed by atoms with Gasteiger partial charge in [-0.2, -0.15) is 0 Å². The summed E-state index contributed by atoms with van der Waals surface area (Å²) in [6.45, 7) is 3.20. The number of carbonyl (C=O) groups is 2. The van der Waals surface area contributed by atoms with Gasteiger partial charge in [0.15, 0.2) is 0 Å². The summed E-state index contributed by atoms with van der Waals surface area (Å²) < 4.78 is 26.7. The van der Waals surface area contributed by atoms with Gasteiger partial charge in [-0.05, 0) is 37.1 Å². The van der Waals surface area contributed by atoms with E-state index in [1.165, 1.54) is 24.3 Å². The van der Waals surface area contributed by atoms with E-state index in [4.69, 9.17) is 5.73 Å². The molecule has 0 saturated heterocycles. The molecule has 1 rings (SSSR count). The predicted octanol–water partition coefficient (Wildman–Crippen LogP) is 0.955. The van der Waals surface area contributed by atoms with Crippen LogP contribution in [0.5, 0.6) is 0 Å². The fourth-order valence-electron chi connectivity index (χ4n) is 1.99. The first-order valence-electron chi connectivity index (χ1n) is 6.81. The van der Waals surface area contributed by atoms with Gasteiger partial charge in [0.05, 0.1) is 10.3 Å². The van der Waals surface area contributed by atoms with E-state index in [9.17, 15) is 23.1 Å². The van der Waals surface area contributed by atoms with E-state index >= 15 is 0 Å². The van der Waals surface area contributed by atoms with Crippen LogP contribution >= 0.6 is 0 Å². The van der Waals surface area contributed by atoms with Gasteiger partial charge in [0.25, 0.3) is 0 Å². The molecule has 4 N–H and O–H groups in total. The Kier molecular flexibility index (Phi) is 5.67. The standard InChI is InChI=1S/C14H20N2O5S/c1-3-14(4-2,13(18)19)9-16-22(20,21)11-7-5-10(6-8-11)12(15)17/h5-8,16H,3-4,9H2,1-2H3,(H2,15,17)(H,18,19). The highest BCUT2D eigenvalue weighted by atomic mass is 32.2. The zero-order valence-electron chi connectivity index (χ0n) is 12.5. The first-order valence-corrected chi connectivity index (χ1v) is 8.30. The smallest absolute Gasteiger partial charge is 0.310 e. The molecular weight excluding hydrogens is 308 g/mol. The van der Waals surface area contributed by atoms with Gasteiger partial charge in [-0.1, -0.05) is 13.8 Å². The number of carboxylic acids is 1. The normalized spacial score (nSPS) is 12.1. The lowest BCUT2D eigenvalue weighted by molar-refractivity contribution is -0.149. The maximum atomic E-state index is 12.2. The Morgan fingerprint density at radius 3 is 2.05 bits per heavy atom. The highest BCUT2D eigenvalue weighted by molar-refractivity contribution is 7.89. The molecule has 122 valence electrons. The van der Waals surface area contributed by atoms with Crippen LogP contribution in [0.1, 0.15) is 37.0 Å². The first kappa shape index (κ1) is 18.1. The molecule has 0 spiro atoms. The summed E-state index contributed by atoms with van der Waals surface area (Å²) in [6, 6.07) is 5.12. The zero-order chi connectivity index (χ0) is 17.0. The third-order valence-electron chi connectivity index (χ3n) is 3.86. The van der Waals surface area contributed by atoms with Gasteiger partial charge in [-0.3, -0.25) is 9.59 Å². The van der Waals surface area contributed by atoms with Crippen LogP contribution in [0.4, 0.5) is 0 Å². The average Bonchev–Trinajstić information content (AvgIpc) is 2.48. The number of sulfonamides is 1. The number of nitrogens with two attached hydrogens (primary N) is 1. The van der Waals surface area contributed by atoms with Crippen molar-refractivity contribution >= 4 is 21.9 Å². The van der Waals surface area contributed by atoms with E-state index in [1.54, 1.807) is 13.8 Å². The van der Waals surface area contributed by atoms with Crippen molar-refractivity contribution in [2.75, 3.05) is 6.54 Å². The third kappa shape index (κ3) is 3.83. The predicted molar refractivity (Wildman–Crippen MR) is 80.8 cm³/mol. The van der Waals surface area contributed by atoms with Crippen LogP contribution < -0.4 is 10.5 Å². The van der Waals surface area contributed by atoms with Crippen molar-refractivity contribution in [3.8, 4) is 0 Å². The van der Waals surface area contributed by atoms with Gasteiger partial charge in [0.1, 0.15) is 0 Å². The summed E-state index contributed by atoms with van der Waals surface area (Å²) in [5, 5.41) is 9.30. The number of hydrogen-bond acceptors (Lipinski definition) is 4. The Bertz CT molecular complexity index is 648. The van der Waals surface area contributed by atoms with E-state index in [-0.39, 0.29) is 17.0 Å². The maximum Gasteiger partial charge on any atom is 0.310 e. The Morgan fingerprint density at radius 1 is 1.18 bits per heavy atom. The number of benzene rings is 1. The molecule has 1 aromatic carbocycles. The second-order valence-electron chi connectivity index (χ2n) is 5.01. The number of primary amides is 1. The minimum Gasteiger partial charge on any atom is -0.481 e. The van der Waals surface area contributed by atoms with E-state index in [0.717, 1.165) is 0 Å². The number of hydrogen-bond donors (Lipinski definition) is 3. The summed E-state index contributed by atoms with van der Waals surface area (Å²) in [5.41, 5.74) is 4.15. The van der Waals surface area contributed by atoms with Crippen LogP contribution in [-0.2, 0) is 14.8 Å². The highest BCUT2D eigenvalue weighted by Crippen LogP contribution is 2.26. The number of carbonyl (C=O) groups excluding carboxylic acids is 1. The molecule has 22 heavy (non-hydrogen) atoms. The van der Waals surface area contributed by atoms with Crippen LogP contribution in [0.2, 0.25) is 0 Å². The van der Waals surface area contributed by atoms with Crippen molar-refractivity contribution in [3.05, 3.63) is 29.8 Å². The molecule has 0 atom stereocenters. The van der Waals surface area contributed by atoms with Crippen molar-refractivity contribution in [2.45, 2.75) is 31.6 Å². The quantitative estimate of drug-likeness (QED) is 0.655. The molecule has 0 aliphatic heterocycles. The first-order chi connectivity index (χ1) is 10.2. The molecule has 0 unspecified atom stereocenters. The summed E-state index contributed by atoms with van der Waals surface area (Å²) >= 11 is 0. The summed E-state index contributed by atoms with van der Waals surface area (Å²) in [4.78, 5) is 22.3. The number of rotatable bonds is 8. The van der Waals surface area contributed by atoms with Crippen molar-refractivity contribution in [1.82, 2.24) is 4.72 Å². The summed E-state index contributed by atoms with van der Waals surface area (Å²) in [6.07, 6.45) is 0.615. The average molecular weight is 328 g/mol. The van der Waals surface area contributed by atoms with E-state index in [1.807, 2.05) is 0 Å². The van der Waals surface area contributed by atoms with Crippen molar-refractivity contribution in [1.29, 1.82) is 0 Å². The van der Waals surface area contributed by atoms with Crippen LogP contribution in [0.25, 0.3) is 0 Å². The maximum absolute atomic E-state index is 12.2. The Labute approximate surface area is 129 Å². The second-order valence-corrected chi connectivity index (χ2v) is 6.77. The van der Waals surface area contributed by atoms with Gasteiger partial charge >= 0.3 is 5.97 Å². The molecule has 0 aromatic heterocycles. The summed E-state index contributed by atoms with van der Waals surface area (Å²) in [7, 11) is -3.86. The fourth-order valence-corrected chi connectivity index (χ4v) is 3.12. The third-order valence-corrected chi connectivity index (χ3v) is 5.27. The molecule has 1 aromatic rings. The van der Waals surface area contributed by atoms with Crippen molar-refractivity contribution in [2.24, 2.45) is 11.1 Å². The lowest BCUT2D eigenvalue weighted by Crippen LogP contribution is -2.42. The van der Waals surface area contributed by atoms with Crippen molar-refractivity contribution < 1.29 is 23.1 Å². The molecule has 7 nitrogen and oxygen atoms in total. The molecule has 0 heterocycles. The minimum absolute atomic E-state index is 0.0519. The molecule has 8 heteroatoms. The topological polar surface area (TPSA) is 127 Å². The Hall–Kier alpha value is -1.93. The Balaban J connectivity index is 2.96. The van der Waals surface area contributed by atoms with E-state index in [2.05, 4.69) is 4.72 Å². The molecule has 0 radical (unpaired) electrons. The molecule has 0 aliphatic rings. The highest BCUT2D eigenvalue weighted by Gasteiger charge is 2.36. The molecule has 0 fully saturated rings. The number of amides is 1. The largest absolute Gasteiger partial charge is 0.481 e. The fraction of sp³-hybridized carbons (Fsp3) is 0.429. The van der Waals surface area contributed by atoms with E-state index < -0.39 is 27.3 Å². The zero-order valence-corrected chi connectivity index (χ0v) is 13.3. The van der Waals surface area contributed by atoms with Crippen LogP contribution in [0, 0.1) is 5.41 Å². The lowest BCUT2D eigenvalue weighted by atomic mass is 9.83. The van der Waals surface area contributed by atoms with Crippen LogP contribution in [-0.4, -0.2) is 31.9 Å². The molecule has 0 saturated carbocycles. The van der Waals surface area contributed by atoms with Crippen molar-refractivity contribution in [3.63, 3.8) is 0 Å². The van der Waals surface area contributed by atoms with Gasteiger partial charge in [0, 0.05) is 12.1 Å².